The van der Waals surface area contributed by atoms with Crippen LogP contribution in [-0.2, 0) is 12.8 Å². The minimum Gasteiger partial charge on any atom is -0.456 e. The van der Waals surface area contributed by atoms with Gasteiger partial charge in [0.2, 0.25) is 0 Å². The first kappa shape index (κ1) is 16.7. The zero-order chi connectivity index (χ0) is 17.8. The molecule has 0 bridgehead atoms. The van der Waals surface area contributed by atoms with Crippen LogP contribution in [0.3, 0.4) is 0 Å². The van der Waals surface area contributed by atoms with Crippen LogP contribution in [0, 0.1) is 0 Å². The predicted octanol–water partition coefficient (Wildman–Crippen LogP) is 4.85. The molecule has 1 aromatic carbocycles. The maximum atomic E-state index is 12.5. The van der Waals surface area contributed by atoms with Gasteiger partial charge in [-0.25, -0.2) is 4.98 Å². The molecular formula is C20H19N3O2S. The number of rotatable bonds is 4. The lowest BCUT2D eigenvalue weighted by molar-refractivity contribution is 0.102. The number of thiazole rings is 1. The third kappa shape index (κ3) is 3.91. The van der Waals surface area contributed by atoms with Gasteiger partial charge in [0.05, 0.1) is 11.9 Å². The second kappa shape index (κ2) is 7.66. The highest BCUT2D eigenvalue weighted by Gasteiger charge is 2.16. The number of amides is 1. The largest absolute Gasteiger partial charge is 0.456 e. The number of aromatic nitrogens is 2. The molecule has 1 N–H and O–H groups in total. The van der Waals surface area contributed by atoms with Crippen molar-refractivity contribution in [2.75, 3.05) is 5.32 Å². The van der Waals surface area contributed by atoms with E-state index in [0.29, 0.717) is 22.2 Å². The van der Waals surface area contributed by atoms with E-state index in [-0.39, 0.29) is 5.91 Å². The second-order valence-corrected chi connectivity index (χ2v) is 7.30. The third-order valence-corrected chi connectivity index (χ3v) is 5.38. The first-order chi connectivity index (χ1) is 12.8. The van der Waals surface area contributed by atoms with Crippen LogP contribution in [0.15, 0.2) is 48.8 Å². The fourth-order valence-corrected chi connectivity index (χ4v) is 4.01. The van der Waals surface area contributed by atoms with E-state index in [1.54, 1.807) is 48.0 Å². The number of aryl methyl sites for hydroxylation is 2. The Hall–Kier alpha value is -2.73. The van der Waals surface area contributed by atoms with Crippen LogP contribution < -0.4 is 10.1 Å². The van der Waals surface area contributed by atoms with Gasteiger partial charge >= 0.3 is 0 Å². The topological polar surface area (TPSA) is 64.1 Å². The average molecular weight is 365 g/mol. The molecule has 3 aromatic rings. The second-order valence-electron chi connectivity index (χ2n) is 6.22. The molecule has 1 amide bonds. The fraction of sp³-hybridized carbons (Fsp3) is 0.250. The summed E-state index contributed by atoms with van der Waals surface area (Å²) in [6.07, 6.45) is 9.08. The molecule has 132 valence electrons. The van der Waals surface area contributed by atoms with Gasteiger partial charge in [-0.05, 0) is 62.1 Å². The number of anilines is 1. The summed E-state index contributed by atoms with van der Waals surface area (Å²) in [5.41, 5.74) is 1.73. The fourth-order valence-electron chi connectivity index (χ4n) is 2.97. The van der Waals surface area contributed by atoms with E-state index in [1.165, 1.54) is 24.1 Å². The molecule has 1 aliphatic carbocycles. The lowest BCUT2D eigenvalue weighted by Crippen LogP contribution is -2.11. The number of nitrogens with zero attached hydrogens (tertiary/aromatic N) is 2. The normalized spacial score (nSPS) is 13.5. The van der Waals surface area contributed by atoms with Crippen LogP contribution in [0.4, 0.5) is 5.13 Å². The number of hydrogen-bond acceptors (Lipinski definition) is 5. The van der Waals surface area contributed by atoms with Crippen LogP contribution in [0.5, 0.6) is 11.5 Å². The van der Waals surface area contributed by atoms with Crippen LogP contribution in [0.1, 0.15) is 40.2 Å². The summed E-state index contributed by atoms with van der Waals surface area (Å²) < 4.78 is 5.69. The van der Waals surface area contributed by atoms with Gasteiger partial charge in [0.1, 0.15) is 11.5 Å². The molecule has 0 saturated carbocycles. The summed E-state index contributed by atoms with van der Waals surface area (Å²) in [6.45, 7) is 0. The third-order valence-electron chi connectivity index (χ3n) is 4.30. The Kier molecular flexibility index (Phi) is 4.93. The van der Waals surface area contributed by atoms with Gasteiger partial charge in [-0.1, -0.05) is 6.42 Å². The molecule has 4 rings (SSSR count). The van der Waals surface area contributed by atoms with E-state index in [9.17, 15) is 4.79 Å². The van der Waals surface area contributed by atoms with E-state index >= 15 is 0 Å². The van der Waals surface area contributed by atoms with E-state index in [0.717, 1.165) is 18.5 Å². The standard InChI is InChI=1S/C20H19N3O2S/c24-19(23-20-22-17-6-2-1-3-7-18(17)26-20)14-8-10-15(11-9-14)25-16-5-4-12-21-13-16/h4-5,8-13H,1-3,6-7H2,(H,22,23,24). The van der Waals surface area contributed by atoms with Crippen molar-refractivity contribution < 1.29 is 9.53 Å². The molecule has 0 unspecified atom stereocenters. The van der Waals surface area contributed by atoms with Crippen LogP contribution >= 0.6 is 11.3 Å². The van der Waals surface area contributed by atoms with Crippen LogP contribution in [0.2, 0.25) is 0 Å². The minimum absolute atomic E-state index is 0.151. The summed E-state index contributed by atoms with van der Waals surface area (Å²) in [4.78, 5) is 22.4. The van der Waals surface area contributed by atoms with Crippen molar-refractivity contribution in [3.63, 3.8) is 0 Å². The van der Waals surface area contributed by atoms with Crippen LogP contribution in [0.25, 0.3) is 0 Å². The Morgan fingerprint density at radius 2 is 1.88 bits per heavy atom. The van der Waals surface area contributed by atoms with Gasteiger partial charge in [-0.3, -0.25) is 15.1 Å². The van der Waals surface area contributed by atoms with Crippen molar-refractivity contribution in [3.05, 3.63) is 64.9 Å². The highest BCUT2D eigenvalue weighted by Crippen LogP contribution is 2.29. The molecule has 2 heterocycles. The van der Waals surface area contributed by atoms with Crippen molar-refractivity contribution in [2.24, 2.45) is 0 Å². The van der Waals surface area contributed by atoms with Crippen molar-refractivity contribution in [3.8, 4) is 11.5 Å². The highest BCUT2D eigenvalue weighted by atomic mass is 32.1. The summed E-state index contributed by atoms with van der Waals surface area (Å²) in [6, 6.07) is 10.7. The van der Waals surface area contributed by atoms with Crippen molar-refractivity contribution in [1.82, 2.24) is 9.97 Å². The number of carbonyl (C=O) groups is 1. The van der Waals surface area contributed by atoms with Crippen molar-refractivity contribution in [2.45, 2.75) is 32.1 Å². The zero-order valence-corrected chi connectivity index (χ0v) is 15.1. The number of fused-ring (bicyclic) bond motifs is 1. The quantitative estimate of drug-likeness (QED) is 0.671. The van der Waals surface area contributed by atoms with Gasteiger partial charge in [0.25, 0.3) is 5.91 Å². The summed E-state index contributed by atoms with van der Waals surface area (Å²) in [7, 11) is 0. The number of benzene rings is 1. The molecular weight excluding hydrogens is 346 g/mol. The summed E-state index contributed by atoms with van der Waals surface area (Å²) in [5, 5.41) is 3.61. The van der Waals surface area contributed by atoms with Crippen molar-refractivity contribution >= 4 is 22.4 Å². The molecule has 0 atom stereocenters. The molecule has 0 spiro atoms. The minimum atomic E-state index is -0.151. The van der Waals surface area contributed by atoms with Gasteiger partial charge < -0.3 is 4.74 Å². The van der Waals surface area contributed by atoms with E-state index in [1.807, 2.05) is 12.1 Å². The molecule has 0 radical (unpaired) electrons. The summed E-state index contributed by atoms with van der Waals surface area (Å²) in [5.74, 6) is 1.17. The Morgan fingerprint density at radius 3 is 2.69 bits per heavy atom. The smallest absolute Gasteiger partial charge is 0.257 e. The average Bonchev–Trinajstić information content (AvgIpc) is 2.91. The lowest BCUT2D eigenvalue weighted by atomic mass is 10.2. The number of nitrogens with one attached hydrogen (secondary N) is 1. The van der Waals surface area contributed by atoms with E-state index in [2.05, 4.69) is 15.3 Å². The first-order valence-corrected chi connectivity index (χ1v) is 9.57. The Balaban J connectivity index is 1.42. The van der Waals surface area contributed by atoms with Gasteiger partial charge in [-0.15, -0.1) is 11.3 Å². The molecule has 1 aliphatic rings. The van der Waals surface area contributed by atoms with E-state index in [4.69, 9.17) is 4.74 Å². The van der Waals surface area contributed by atoms with Gasteiger partial charge in [0.15, 0.2) is 5.13 Å². The monoisotopic (exact) mass is 365 g/mol. The Morgan fingerprint density at radius 1 is 1.04 bits per heavy atom. The van der Waals surface area contributed by atoms with E-state index < -0.39 is 0 Å². The number of hydrogen-bond donors (Lipinski definition) is 1. The van der Waals surface area contributed by atoms with Crippen molar-refractivity contribution in [1.29, 1.82) is 0 Å². The lowest BCUT2D eigenvalue weighted by Gasteiger charge is -2.06. The Bertz CT molecular complexity index is 868. The number of pyridine rings is 1. The van der Waals surface area contributed by atoms with Gasteiger partial charge in [-0.2, -0.15) is 0 Å². The molecule has 26 heavy (non-hydrogen) atoms. The Labute approximate surface area is 156 Å². The molecule has 6 heteroatoms. The highest BCUT2D eigenvalue weighted by molar-refractivity contribution is 7.15. The number of carbonyl (C=O) groups excluding carboxylic acids is 1. The maximum absolute atomic E-state index is 12.5. The summed E-state index contributed by atoms with van der Waals surface area (Å²) >= 11 is 1.60. The molecule has 2 aromatic heterocycles. The molecule has 0 aliphatic heterocycles. The maximum Gasteiger partial charge on any atom is 0.257 e. The van der Waals surface area contributed by atoms with Gasteiger partial charge in [0, 0.05) is 16.6 Å². The molecule has 0 fully saturated rings. The zero-order valence-electron chi connectivity index (χ0n) is 14.3. The SMILES string of the molecule is O=C(Nc1nc2c(s1)CCCCC2)c1ccc(Oc2cccnc2)cc1. The molecule has 0 saturated heterocycles. The first-order valence-electron chi connectivity index (χ1n) is 8.76. The van der Waals surface area contributed by atoms with Crippen LogP contribution in [-0.4, -0.2) is 15.9 Å². The predicted molar refractivity (Wildman–Crippen MR) is 102 cm³/mol. The number of ether oxygens (including phenoxy) is 1. The molecule has 5 nitrogen and oxygen atoms in total.